The summed E-state index contributed by atoms with van der Waals surface area (Å²) in [7, 11) is 0. The largest absolute Gasteiger partial charge is 0.398 e. The van der Waals surface area contributed by atoms with Gasteiger partial charge in [0.25, 0.3) is 0 Å². The second-order valence-electron chi connectivity index (χ2n) is 4.94. The Balaban J connectivity index is 2.24. The third kappa shape index (κ3) is 2.68. The summed E-state index contributed by atoms with van der Waals surface area (Å²) in [6, 6.07) is 3.95. The summed E-state index contributed by atoms with van der Waals surface area (Å²) in [6.45, 7) is 2.11. The minimum atomic E-state index is 0.243. The third-order valence-electron chi connectivity index (χ3n) is 3.58. The molecule has 17 heavy (non-hydrogen) atoms. The Morgan fingerprint density at radius 2 is 2.06 bits per heavy atom. The van der Waals surface area contributed by atoms with Gasteiger partial charge in [-0.3, -0.25) is 4.79 Å². The molecule has 0 aliphatic heterocycles. The topological polar surface area (TPSA) is 43.1 Å². The van der Waals surface area contributed by atoms with E-state index in [2.05, 4.69) is 13.0 Å². The number of rotatable bonds is 4. The van der Waals surface area contributed by atoms with Gasteiger partial charge in [0.1, 0.15) is 0 Å². The molecular formula is C15H21NO. The van der Waals surface area contributed by atoms with Crippen LogP contribution < -0.4 is 5.73 Å². The van der Waals surface area contributed by atoms with E-state index in [0.717, 1.165) is 36.9 Å². The predicted molar refractivity (Wildman–Crippen MR) is 71.4 cm³/mol. The lowest BCUT2D eigenvalue weighted by Crippen LogP contribution is -2.09. The molecule has 0 saturated heterocycles. The lowest BCUT2D eigenvalue weighted by atomic mass is 9.88. The highest BCUT2D eigenvalue weighted by molar-refractivity contribution is 5.97. The molecule has 2 rings (SSSR count). The summed E-state index contributed by atoms with van der Waals surface area (Å²) in [5.74, 6) is 0.243. The van der Waals surface area contributed by atoms with Crippen LogP contribution in [0.4, 0.5) is 5.69 Å². The molecule has 2 nitrogen and oxygen atoms in total. The van der Waals surface area contributed by atoms with Gasteiger partial charge in [0.15, 0.2) is 5.78 Å². The van der Waals surface area contributed by atoms with Crippen LogP contribution in [0.3, 0.4) is 0 Å². The molecule has 0 spiro atoms. The van der Waals surface area contributed by atoms with E-state index in [9.17, 15) is 4.79 Å². The molecule has 2 heteroatoms. The predicted octanol–water partition coefficient (Wildman–Crippen LogP) is 3.52. The van der Waals surface area contributed by atoms with Gasteiger partial charge in [0, 0.05) is 17.7 Å². The van der Waals surface area contributed by atoms with Crippen LogP contribution in [0.25, 0.3) is 0 Å². The number of Topliss-reactive ketones (excluding diaryl/α,β-unsaturated/α-hetero) is 1. The minimum absolute atomic E-state index is 0.243. The van der Waals surface area contributed by atoms with Crippen molar-refractivity contribution in [2.24, 2.45) is 0 Å². The number of aryl methyl sites for hydroxylation is 1. The van der Waals surface area contributed by atoms with E-state index in [1.807, 2.05) is 6.07 Å². The molecule has 0 unspecified atom stereocenters. The van der Waals surface area contributed by atoms with Crippen molar-refractivity contribution in [3.05, 3.63) is 28.8 Å². The van der Waals surface area contributed by atoms with Crippen LogP contribution >= 0.6 is 0 Å². The van der Waals surface area contributed by atoms with Crippen molar-refractivity contribution >= 4 is 11.5 Å². The molecule has 2 N–H and O–H groups in total. The van der Waals surface area contributed by atoms with Crippen LogP contribution in [-0.4, -0.2) is 5.78 Å². The van der Waals surface area contributed by atoms with Crippen molar-refractivity contribution in [2.75, 3.05) is 5.73 Å². The average Bonchev–Trinajstić information content (AvgIpc) is 2.36. The van der Waals surface area contributed by atoms with Crippen molar-refractivity contribution < 1.29 is 4.79 Å². The number of carbonyl (C=O) groups excluding carboxylic acids is 1. The summed E-state index contributed by atoms with van der Waals surface area (Å²) in [5, 5.41) is 0. The SMILES string of the molecule is CCCCC(=O)c1cc(N)c2c(c1)CCCC2. The maximum Gasteiger partial charge on any atom is 0.162 e. The highest BCUT2D eigenvalue weighted by Gasteiger charge is 2.15. The van der Waals surface area contributed by atoms with E-state index >= 15 is 0 Å². The highest BCUT2D eigenvalue weighted by atomic mass is 16.1. The van der Waals surface area contributed by atoms with Crippen molar-refractivity contribution in [3.8, 4) is 0 Å². The molecule has 0 atom stereocenters. The number of hydrogen-bond acceptors (Lipinski definition) is 2. The molecule has 1 aromatic rings. The van der Waals surface area contributed by atoms with Gasteiger partial charge in [-0.05, 0) is 55.4 Å². The number of carbonyl (C=O) groups is 1. The van der Waals surface area contributed by atoms with Crippen LogP contribution in [0, 0.1) is 0 Å². The van der Waals surface area contributed by atoms with Crippen molar-refractivity contribution in [2.45, 2.75) is 51.9 Å². The number of ketones is 1. The summed E-state index contributed by atoms with van der Waals surface area (Å²) < 4.78 is 0. The van der Waals surface area contributed by atoms with E-state index in [0.29, 0.717) is 6.42 Å². The van der Waals surface area contributed by atoms with Gasteiger partial charge in [-0.25, -0.2) is 0 Å². The van der Waals surface area contributed by atoms with Gasteiger partial charge in [-0.15, -0.1) is 0 Å². The van der Waals surface area contributed by atoms with Gasteiger partial charge < -0.3 is 5.73 Å². The molecule has 0 saturated carbocycles. The monoisotopic (exact) mass is 231 g/mol. The first-order valence-corrected chi connectivity index (χ1v) is 6.67. The van der Waals surface area contributed by atoms with E-state index in [1.165, 1.54) is 24.0 Å². The summed E-state index contributed by atoms with van der Waals surface area (Å²) in [5.41, 5.74) is 10.3. The molecule has 92 valence electrons. The Hall–Kier alpha value is -1.31. The summed E-state index contributed by atoms with van der Waals surface area (Å²) in [4.78, 5) is 12.0. The van der Waals surface area contributed by atoms with Gasteiger partial charge in [-0.2, -0.15) is 0 Å². The van der Waals surface area contributed by atoms with E-state index in [-0.39, 0.29) is 5.78 Å². The van der Waals surface area contributed by atoms with Gasteiger partial charge in [0.05, 0.1) is 0 Å². The zero-order valence-electron chi connectivity index (χ0n) is 10.6. The number of hydrogen-bond donors (Lipinski definition) is 1. The molecule has 0 fully saturated rings. The zero-order valence-corrected chi connectivity index (χ0v) is 10.6. The molecule has 0 radical (unpaired) electrons. The van der Waals surface area contributed by atoms with Crippen LogP contribution in [0.5, 0.6) is 0 Å². The number of nitrogen functional groups attached to an aromatic ring is 1. The van der Waals surface area contributed by atoms with Gasteiger partial charge in [-0.1, -0.05) is 13.3 Å². The highest BCUT2D eigenvalue weighted by Crippen LogP contribution is 2.28. The molecule has 0 amide bonds. The molecular weight excluding hydrogens is 210 g/mol. The van der Waals surface area contributed by atoms with Crippen molar-refractivity contribution in [1.82, 2.24) is 0 Å². The van der Waals surface area contributed by atoms with Crippen LogP contribution in [0.2, 0.25) is 0 Å². The third-order valence-corrected chi connectivity index (χ3v) is 3.58. The smallest absolute Gasteiger partial charge is 0.162 e. The van der Waals surface area contributed by atoms with E-state index in [1.54, 1.807) is 0 Å². The molecule has 0 bridgehead atoms. The van der Waals surface area contributed by atoms with E-state index < -0.39 is 0 Å². The summed E-state index contributed by atoms with van der Waals surface area (Å²) in [6.07, 6.45) is 7.27. The van der Waals surface area contributed by atoms with Crippen LogP contribution in [-0.2, 0) is 12.8 Å². The number of nitrogens with two attached hydrogens (primary N) is 1. The molecule has 0 aromatic heterocycles. The van der Waals surface area contributed by atoms with Crippen LogP contribution in [0.1, 0.15) is 60.5 Å². The summed E-state index contributed by atoms with van der Waals surface area (Å²) >= 11 is 0. The number of unbranched alkanes of at least 4 members (excludes halogenated alkanes) is 1. The number of anilines is 1. The first kappa shape index (κ1) is 12.2. The van der Waals surface area contributed by atoms with Crippen molar-refractivity contribution in [3.63, 3.8) is 0 Å². The fraction of sp³-hybridized carbons (Fsp3) is 0.533. The fourth-order valence-electron chi connectivity index (χ4n) is 2.54. The second kappa shape index (κ2) is 5.35. The van der Waals surface area contributed by atoms with Crippen LogP contribution in [0.15, 0.2) is 12.1 Å². The van der Waals surface area contributed by atoms with E-state index in [4.69, 9.17) is 5.73 Å². The first-order valence-electron chi connectivity index (χ1n) is 6.67. The lowest BCUT2D eigenvalue weighted by Gasteiger charge is -2.18. The van der Waals surface area contributed by atoms with Crippen molar-refractivity contribution in [1.29, 1.82) is 0 Å². The lowest BCUT2D eigenvalue weighted by molar-refractivity contribution is 0.0979. The Kier molecular flexibility index (Phi) is 3.82. The maximum atomic E-state index is 12.0. The Morgan fingerprint density at radius 1 is 1.29 bits per heavy atom. The Bertz CT molecular complexity index is 423. The number of benzene rings is 1. The number of fused-ring (bicyclic) bond motifs is 1. The van der Waals surface area contributed by atoms with Gasteiger partial charge in [0.2, 0.25) is 0 Å². The Morgan fingerprint density at radius 3 is 2.82 bits per heavy atom. The maximum absolute atomic E-state index is 12.0. The minimum Gasteiger partial charge on any atom is -0.398 e. The normalized spacial score (nSPS) is 14.4. The quantitative estimate of drug-likeness (QED) is 0.636. The standard InChI is InChI=1S/C15H21NO/c1-2-3-8-15(17)12-9-11-6-4-5-7-13(11)14(16)10-12/h9-10H,2-8,16H2,1H3. The average molecular weight is 231 g/mol. The first-order chi connectivity index (χ1) is 8.22. The zero-order chi connectivity index (χ0) is 12.3. The second-order valence-corrected chi connectivity index (χ2v) is 4.94. The Labute approximate surface area is 103 Å². The van der Waals surface area contributed by atoms with Gasteiger partial charge >= 0.3 is 0 Å². The molecule has 1 aromatic carbocycles. The molecule has 1 aliphatic rings. The molecule has 1 aliphatic carbocycles. The fourth-order valence-corrected chi connectivity index (χ4v) is 2.54. The molecule has 0 heterocycles.